The number of aliphatic hydroxyl groups is 1. The fourth-order valence-electron chi connectivity index (χ4n) is 2.19. The van der Waals surface area contributed by atoms with E-state index in [1.165, 1.54) is 10.9 Å². The van der Waals surface area contributed by atoms with Crippen LogP contribution in [-0.4, -0.2) is 32.3 Å². The minimum atomic E-state index is -1.23. The molecule has 0 bridgehead atoms. The Balaban J connectivity index is 2.09. The van der Waals surface area contributed by atoms with Crippen LogP contribution >= 0.6 is 0 Å². The van der Waals surface area contributed by atoms with Crippen molar-refractivity contribution in [2.45, 2.75) is 31.9 Å². The average Bonchev–Trinajstić information content (AvgIpc) is 3.04. The van der Waals surface area contributed by atoms with Crippen molar-refractivity contribution in [1.82, 2.24) is 15.1 Å². The van der Waals surface area contributed by atoms with Gasteiger partial charge < -0.3 is 10.4 Å². The third kappa shape index (κ3) is 3.60. The number of hydrogen-bond acceptors (Lipinski definition) is 5. The van der Waals surface area contributed by atoms with E-state index in [-0.39, 0.29) is 12.2 Å². The molecule has 0 saturated carbocycles. The molecule has 0 fully saturated rings. The van der Waals surface area contributed by atoms with Gasteiger partial charge >= 0.3 is 5.69 Å². The molecule has 1 amide bonds. The lowest BCUT2D eigenvalue weighted by atomic mass is 9.95. The Hall–Kier alpha value is -2.74. The Morgan fingerprint density at radius 3 is 2.50 bits per heavy atom. The van der Waals surface area contributed by atoms with Gasteiger partial charge in [0.05, 0.1) is 11.5 Å². The highest BCUT2D eigenvalue weighted by atomic mass is 16.6. The maximum Gasteiger partial charge on any atom is 0.307 e. The van der Waals surface area contributed by atoms with Gasteiger partial charge in [0.1, 0.15) is 23.5 Å². The molecule has 2 N–H and O–H groups in total. The van der Waals surface area contributed by atoms with Crippen LogP contribution in [0.5, 0.6) is 0 Å². The number of nitrogens with zero attached hydrogens (tertiary/aromatic N) is 3. The Kier molecular flexibility index (Phi) is 4.70. The van der Waals surface area contributed by atoms with Crippen molar-refractivity contribution in [3.8, 4) is 0 Å². The zero-order valence-corrected chi connectivity index (χ0v) is 13.8. The van der Waals surface area contributed by atoms with Crippen LogP contribution in [0.2, 0.25) is 0 Å². The van der Waals surface area contributed by atoms with E-state index in [0.717, 1.165) is 6.20 Å². The largest absolute Gasteiger partial charge is 0.384 e. The summed E-state index contributed by atoms with van der Waals surface area (Å²) in [5.41, 5.74) is -1.88. The fraction of sp³-hybridized carbons (Fsp3) is 0.375. The van der Waals surface area contributed by atoms with Crippen LogP contribution in [0, 0.1) is 10.1 Å². The summed E-state index contributed by atoms with van der Waals surface area (Å²) >= 11 is 0. The lowest BCUT2D eigenvalue weighted by Gasteiger charge is -2.28. The van der Waals surface area contributed by atoms with Crippen molar-refractivity contribution in [1.29, 1.82) is 0 Å². The highest BCUT2D eigenvalue weighted by Gasteiger charge is 2.33. The summed E-state index contributed by atoms with van der Waals surface area (Å²) in [6, 6.07) is 8.99. The molecule has 1 aromatic carbocycles. The summed E-state index contributed by atoms with van der Waals surface area (Å²) in [5, 5.41) is 27.8. The number of rotatable bonds is 6. The van der Waals surface area contributed by atoms with Gasteiger partial charge in [-0.25, -0.2) is 0 Å². The van der Waals surface area contributed by atoms with E-state index in [1.54, 1.807) is 45.0 Å². The molecular weight excluding hydrogens is 312 g/mol. The topological polar surface area (TPSA) is 110 Å². The van der Waals surface area contributed by atoms with Gasteiger partial charge in [-0.1, -0.05) is 30.3 Å². The van der Waals surface area contributed by atoms with Crippen LogP contribution in [-0.2, 0) is 15.9 Å². The predicted molar refractivity (Wildman–Crippen MR) is 87.2 cm³/mol. The normalized spacial score (nSPS) is 14.0. The molecule has 24 heavy (non-hydrogen) atoms. The van der Waals surface area contributed by atoms with Gasteiger partial charge in [-0.2, -0.15) is 5.10 Å². The molecule has 2 aromatic rings. The minimum Gasteiger partial charge on any atom is -0.384 e. The molecule has 0 aliphatic heterocycles. The van der Waals surface area contributed by atoms with Gasteiger partial charge in [-0.3, -0.25) is 19.6 Å². The second kappa shape index (κ2) is 6.40. The first kappa shape index (κ1) is 17.6. The molecule has 2 rings (SSSR count). The molecule has 0 saturated heterocycles. The van der Waals surface area contributed by atoms with Crippen LogP contribution in [0.1, 0.15) is 26.3 Å². The van der Waals surface area contributed by atoms with Gasteiger partial charge in [0, 0.05) is 0 Å². The van der Waals surface area contributed by atoms with E-state index < -0.39 is 22.0 Å². The van der Waals surface area contributed by atoms with Crippen LogP contribution in [0.3, 0.4) is 0 Å². The Morgan fingerprint density at radius 1 is 1.33 bits per heavy atom. The molecule has 1 unspecified atom stereocenters. The van der Waals surface area contributed by atoms with E-state index >= 15 is 0 Å². The lowest BCUT2D eigenvalue weighted by molar-refractivity contribution is -0.385. The van der Waals surface area contributed by atoms with Crippen molar-refractivity contribution in [3.05, 3.63) is 58.4 Å². The summed E-state index contributed by atoms with van der Waals surface area (Å²) < 4.78 is 1.23. The smallest absolute Gasteiger partial charge is 0.307 e. The van der Waals surface area contributed by atoms with Gasteiger partial charge in [-0.15, -0.1) is 0 Å². The number of amides is 1. The Labute approximate surface area is 139 Å². The molecule has 0 spiro atoms. The molecule has 0 aliphatic rings. The second-order valence-corrected chi connectivity index (χ2v) is 6.28. The van der Waals surface area contributed by atoms with Crippen molar-refractivity contribution in [2.24, 2.45) is 0 Å². The van der Waals surface area contributed by atoms with Gasteiger partial charge in [0.25, 0.3) is 0 Å². The Morgan fingerprint density at radius 2 is 1.96 bits per heavy atom. The third-order valence-electron chi connectivity index (χ3n) is 3.90. The van der Waals surface area contributed by atoms with E-state index in [4.69, 9.17) is 0 Å². The van der Waals surface area contributed by atoms with Crippen LogP contribution < -0.4 is 5.32 Å². The van der Waals surface area contributed by atoms with Crippen molar-refractivity contribution >= 4 is 11.6 Å². The van der Waals surface area contributed by atoms with Gasteiger partial charge in [0.2, 0.25) is 5.91 Å². The van der Waals surface area contributed by atoms with Crippen molar-refractivity contribution < 1.29 is 14.8 Å². The summed E-state index contributed by atoms with van der Waals surface area (Å²) in [7, 11) is 0. The molecule has 1 heterocycles. The predicted octanol–water partition coefficient (Wildman–Crippen LogP) is 1.55. The highest BCUT2D eigenvalue weighted by Crippen LogP contribution is 2.21. The first-order valence-corrected chi connectivity index (χ1v) is 7.40. The maximum absolute atomic E-state index is 12.5. The molecule has 8 heteroatoms. The monoisotopic (exact) mass is 332 g/mol. The third-order valence-corrected chi connectivity index (χ3v) is 3.90. The van der Waals surface area contributed by atoms with Crippen molar-refractivity contribution in [2.75, 3.05) is 6.54 Å². The molecule has 0 aliphatic carbocycles. The molecule has 1 atom stereocenters. The van der Waals surface area contributed by atoms with Crippen LogP contribution in [0.25, 0.3) is 0 Å². The number of hydrogen-bond donors (Lipinski definition) is 2. The second-order valence-electron chi connectivity index (χ2n) is 6.28. The number of benzene rings is 1. The van der Waals surface area contributed by atoms with Gasteiger partial charge in [0.15, 0.2) is 0 Å². The molecular formula is C16H20N4O4. The first-order chi connectivity index (χ1) is 11.1. The van der Waals surface area contributed by atoms with E-state index in [0.29, 0.717) is 5.56 Å². The molecule has 8 nitrogen and oxygen atoms in total. The van der Waals surface area contributed by atoms with Gasteiger partial charge in [-0.05, 0) is 26.3 Å². The first-order valence-electron chi connectivity index (χ1n) is 7.40. The summed E-state index contributed by atoms with van der Waals surface area (Å²) in [4.78, 5) is 22.6. The number of carbonyl (C=O) groups is 1. The number of aromatic nitrogens is 2. The van der Waals surface area contributed by atoms with E-state index in [2.05, 4.69) is 10.4 Å². The maximum atomic E-state index is 12.5. The SMILES string of the molecule is CC(O)(CNC(=O)C(C)(C)n1cc([N+](=O)[O-])cn1)c1ccccc1. The van der Waals surface area contributed by atoms with E-state index in [9.17, 15) is 20.0 Å². The highest BCUT2D eigenvalue weighted by molar-refractivity contribution is 5.83. The Bertz CT molecular complexity index is 738. The zero-order chi connectivity index (χ0) is 18.0. The molecule has 0 radical (unpaired) electrons. The number of carbonyl (C=O) groups excluding carboxylic acids is 1. The van der Waals surface area contributed by atoms with Crippen LogP contribution in [0.4, 0.5) is 5.69 Å². The fourth-order valence-corrected chi connectivity index (χ4v) is 2.19. The summed E-state index contributed by atoms with van der Waals surface area (Å²) in [6.45, 7) is 4.80. The molecule has 128 valence electrons. The number of nitrogens with one attached hydrogen (secondary N) is 1. The van der Waals surface area contributed by atoms with Crippen molar-refractivity contribution in [3.63, 3.8) is 0 Å². The minimum absolute atomic E-state index is 0.00262. The molecule has 1 aromatic heterocycles. The quantitative estimate of drug-likeness (QED) is 0.616. The summed E-state index contributed by atoms with van der Waals surface area (Å²) in [5.74, 6) is -0.406. The number of nitro groups is 1. The average molecular weight is 332 g/mol. The van der Waals surface area contributed by atoms with Crippen LogP contribution in [0.15, 0.2) is 42.7 Å². The lowest BCUT2D eigenvalue weighted by Crippen LogP contribution is -2.48. The standard InChI is InChI=1S/C16H20N4O4/c1-15(2,19-10-13(9-18-19)20(23)24)14(21)17-11-16(3,22)12-7-5-4-6-8-12/h4-10,22H,11H2,1-3H3,(H,17,21). The van der Waals surface area contributed by atoms with E-state index in [1.807, 2.05) is 6.07 Å². The zero-order valence-electron chi connectivity index (χ0n) is 13.8. The summed E-state index contributed by atoms with van der Waals surface area (Å²) in [6.07, 6.45) is 2.30.